The fourth-order valence-electron chi connectivity index (χ4n) is 0.155. The monoisotopic (exact) mass is 187 g/mol. The van der Waals surface area contributed by atoms with Gasteiger partial charge < -0.3 is 5.73 Å². The number of halogens is 5. The number of carbonyl (C=O) groups is 1. The van der Waals surface area contributed by atoms with E-state index in [1.54, 1.807) is 4.18 Å². The van der Waals surface area contributed by atoms with Crippen LogP contribution in [0.3, 0.4) is 0 Å². The molecule has 10 heavy (non-hydrogen) atoms. The van der Waals surface area contributed by atoms with Crippen LogP contribution in [-0.4, -0.2) is 6.09 Å². The summed E-state index contributed by atoms with van der Waals surface area (Å²) in [6.07, 6.45) is -2.57. The van der Waals surface area contributed by atoms with Crippen LogP contribution in [0.15, 0.2) is 0 Å². The van der Waals surface area contributed by atoms with Crippen molar-refractivity contribution in [2.24, 2.45) is 5.73 Å². The van der Waals surface area contributed by atoms with Crippen LogP contribution in [-0.2, 0) is 4.18 Å². The van der Waals surface area contributed by atoms with E-state index in [1.165, 1.54) is 0 Å². The predicted octanol–water partition coefficient (Wildman–Crippen LogP) is 2.30. The third kappa shape index (κ3) is 7.27. The molecule has 0 aromatic heterocycles. The van der Waals surface area contributed by atoms with Gasteiger partial charge in [0.1, 0.15) is 0 Å². The Morgan fingerprint density at radius 3 is 1.50 bits per heavy atom. The lowest BCUT2D eigenvalue weighted by molar-refractivity contribution is 0.165. The number of carbonyl (C=O) groups excluding carboxylic acids is 1. The van der Waals surface area contributed by atoms with Gasteiger partial charge in [-0.1, -0.05) is 19.4 Å². The van der Waals surface area contributed by atoms with Gasteiger partial charge in [0.2, 0.25) is 0 Å². The van der Waals surface area contributed by atoms with Crippen molar-refractivity contribution >= 4 is 16.6 Å². The number of rotatable bonds is 1. The third-order valence-corrected chi connectivity index (χ3v) is 0.719. The minimum absolute atomic E-state index is 1.74. The van der Waals surface area contributed by atoms with Crippen LogP contribution in [0.25, 0.3) is 0 Å². The molecule has 0 aromatic rings. The molecule has 0 atom stereocenters. The Morgan fingerprint density at radius 1 is 1.20 bits per heavy atom. The molecule has 0 heterocycles. The zero-order valence-electron chi connectivity index (χ0n) is 4.19. The summed E-state index contributed by atoms with van der Waals surface area (Å²) in [4.78, 5) is 9.25. The first-order valence-electron chi connectivity index (χ1n) is 1.64. The highest BCUT2D eigenvalue weighted by atomic mass is 32.5. The van der Waals surface area contributed by atoms with Gasteiger partial charge in [-0.25, -0.2) is 4.79 Å². The highest BCUT2D eigenvalue weighted by Gasteiger charge is 2.68. The predicted molar refractivity (Wildman–Crippen MR) is 23.8 cm³/mol. The lowest BCUT2D eigenvalue weighted by Crippen LogP contribution is -2.21. The second-order valence-electron chi connectivity index (χ2n) is 1.30. The topological polar surface area (TPSA) is 52.3 Å². The lowest BCUT2D eigenvalue weighted by atomic mass is 11.3. The largest absolute Gasteiger partial charge is 0.439 e. The molecule has 0 rings (SSSR count). The van der Waals surface area contributed by atoms with E-state index in [9.17, 15) is 24.2 Å². The molecule has 9 heteroatoms. The molecule has 0 aliphatic heterocycles. The maximum absolute atomic E-state index is 10.9. The molecular weight excluding hydrogens is 185 g/mol. The van der Waals surface area contributed by atoms with Crippen LogP contribution < -0.4 is 5.73 Å². The summed E-state index contributed by atoms with van der Waals surface area (Å²) in [6.45, 7) is 0. The summed E-state index contributed by atoms with van der Waals surface area (Å²) in [7, 11) is -10.1. The average Bonchev–Trinajstić information content (AvgIpc) is 1.12. The summed E-state index contributed by atoms with van der Waals surface area (Å²) in [5, 5.41) is 0. The van der Waals surface area contributed by atoms with Crippen molar-refractivity contribution in [1.29, 1.82) is 0 Å². The van der Waals surface area contributed by atoms with E-state index in [0.717, 1.165) is 0 Å². The fourth-order valence-corrected chi connectivity index (χ4v) is 0.466. The molecule has 0 spiro atoms. The molecule has 64 valence electrons. The SMILES string of the molecule is NC(=O)OS(F)(F)(F)(F)F. The molecule has 0 aliphatic rings. The molecule has 0 saturated heterocycles. The quantitative estimate of drug-likeness (QED) is 0.640. The molecular formula is CH2F5NO2S. The third-order valence-electron chi connectivity index (χ3n) is 0.240. The Morgan fingerprint density at radius 2 is 1.50 bits per heavy atom. The van der Waals surface area contributed by atoms with Crippen molar-refractivity contribution in [3.8, 4) is 0 Å². The minimum atomic E-state index is -10.1. The molecule has 0 unspecified atom stereocenters. The first kappa shape index (κ1) is 9.27. The Balaban J connectivity index is 4.59. The zero-order valence-corrected chi connectivity index (χ0v) is 5.01. The van der Waals surface area contributed by atoms with E-state index in [2.05, 4.69) is 5.73 Å². The van der Waals surface area contributed by atoms with E-state index < -0.39 is 16.6 Å². The molecule has 3 nitrogen and oxygen atoms in total. The normalized spacial score (nSPS) is 18.9. The second kappa shape index (κ2) is 1.31. The van der Waals surface area contributed by atoms with Crippen LogP contribution in [0.4, 0.5) is 24.2 Å². The van der Waals surface area contributed by atoms with Gasteiger partial charge in [0.05, 0.1) is 0 Å². The van der Waals surface area contributed by atoms with Gasteiger partial charge in [0.15, 0.2) is 0 Å². The molecule has 0 saturated carbocycles. The van der Waals surface area contributed by atoms with Gasteiger partial charge in [-0.15, -0.1) is 0 Å². The minimum Gasteiger partial charge on any atom is -0.334 e. The maximum Gasteiger partial charge on any atom is 0.439 e. The molecule has 2 N–H and O–H groups in total. The highest BCUT2D eigenvalue weighted by Crippen LogP contribution is 2.98. The summed E-state index contributed by atoms with van der Waals surface area (Å²) < 4.78 is 56.5. The van der Waals surface area contributed by atoms with Gasteiger partial charge in [0.25, 0.3) is 0 Å². The van der Waals surface area contributed by atoms with E-state index in [4.69, 9.17) is 0 Å². The first-order chi connectivity index (χ1) is 3.89. The Bertz CT molecular complexity index is 167. The first-order valence-corrected chi connectivity index (χ1v) is 3.51. The number of hydrogen-bond acceptors (Lipinski definition) is 2. The molecule has 0 radical (unpaired) electrons. The van der Waals surface area contributed by atoms with Gasteiger partial charge >= 0.3 is 16.6 Å². The van der Waals surface area contributed by atoms with E-state index in [1.807, 2.05) is 0 Å². The van der Waals surface area contributed by atoms with E-state index in [0.29, 0.717) is 0 Å². The average molecular weight is 187 g/mol. The fraction of sp³-hybridized carbons (Fsp3) is 0. The van der Waals surface area contributed by atoms with Crippen molar-refractivity contribution in [3.05, 3.63) is 0 Å². The van der Waals surface area contributed by atoms with Crippen LogP contribution in [0.1, 0.15) is 0 Å². The van der Waals surface area contributed by atoms with Crippen LogP contribution >= 0.6 is 10.5 Å². The van der Waals surface area contributed by atoms with Gasteiger partial charge in [-0.2, -0.15) is 0 Å². The Labute approximate surface area is 51.9 Å². The molecule has 0 aliphatic carbocycles. The van der Waals surface area contributed by atoms with Crippen LogP contribution in [0.2, 0.25) is 0 Å². The molecule has 0 bridgehead atoms. The summed E-state index contributed by atoms with van der Waals surface area (Å²) in [5.41, 5.74) is 3.72. The standard InChI is InChI=1S/CH2F5NO2S/c2-10(3,4,5,6)9-1(7)8/h(H2,7,8). The lowest BCUT2D eigenvalue weighted by Gasteiger charge is -2.36. The zero-order chi connectivity index (χ0) is 8.69. The van der Waals surface area contributed by atoms with Crippen molar-refractivity contribution in [3.63, 3.8) is 0 Å². The van der Waals surface area contributed by atoms with Crippen molar-refractivity contribution in [1.82, 2.24) is 0 Å². The van der Waals surface area contributed by atoms with Crippen molar-refractivity contribution in [2.75, 3.05) is 0 Å². The van der Waals surface area contributed by atoms with Crippen LogP contribution in [0.5, 0.6) is 0 Å². The van der Waals surface area contributed by atoms with Crippen LogP contribution in [0, 0.1) is 0 Å². The maximum atomic E-state index is 10.9. The Hall–Kier alpha value is -0.730. The van der Waals surface area contributed by atoms with Gasteiger partial charge in [-0.3, -0.25) is 4.18 Å². The molecule has 0 aromatic carbocycles. The number of hydrogen-bond donors (Lipinski definition) is 1. The van der Waals surface area contributed by atoms with E-state index >= 15 is 0 Å². The van der Waals surface area contributed by atoms with Gasteiger partial charge in [-0.05, 0) is 0 Å². The Kier molecular flexibility index (Phi) is 1.21. The summed E-state index contributed by atoms with van der Waals surface area (Å²) in [6, 6.07) is 0. The number of nitrogens with two attached hydrogens (primary N) is 1. The number of amides is 1. The van der Waals surface area contributed by atoms with Crippen molar-refractivity contribution < 1.29 is 28.4 Å². The van der Waals surface area contributed by atoms with Crippen molar-refractivity contribution in [2.45, 2.75) is 0 Å². The smallest absolute Gasteiger partial charge is 0.334 e. The van der Waals surface area contributed by atoms with Gasteiger partial charge in [0, 0.05) is 0 Å². The summed E-state index contributed by atoms with van der Waals surface area (Å²) >= 11 is 0. The second-order valence-corrected chi connectivity index (χ2v) is 3.26. The highest BCUT2D eigenvalue weighted by molar-refractivity contribution is 8.42. The summed E-state index contributed by atoms with van der Waals surface area (Å²) in [5.74, 6) is 0. The van der Waals surface area contributed by atoms with E-state index in [-0.39, 0.29) is 0 Å². The molecule has 1 amide bonds. The number of primary amides is 1. The molecule has 0 fully saturated rings.